The number of rotatable bonds is 3. The van der Waals surface area contributed by atoms with Crippen molar-refractivity contribution in [1.82, 2.24) is 5.32 Å². The van der Waals surface area contributed by atoms with E-state index in [1.807, 2.05) is 31.2 Å². The average molecular weight is 428 g/mol. The third-order valence-corrected chi connectivity index (χ3v) is 6.70. The zero-order valence-electron chi connectivity index (χ0n) is 18.0. The molecule has 2 aliphatic carbocycles. The first kappa shape index (κ1) is 21.2. The molecule has 0 unspecified atom stereocenters. The minimum Gasteiger partial charge on any atom is -0.459 e. The van der Waals surface area contributed by atoms with E-state index < -0.39 is 5.92 Å². The fourth-order valence-electron chi connectivity index (χ4n) is 5.12. The minimum absolute atomic E-state index is 0.0390. The van der Waals surface area contributed by atoms with Crippen LogP contribution < -0.4 is 5.32 Å². The number of esters is 1. The Bertz CT molecular complexity index is 937. The van der Waals surface area contributed by atoms with Gasteiger partial charge in [-0.1, -0.05) is 44.0 Å². The Morgan fingerprint density at radius 3 is 2.60 bits per heavy atom. The third kappa shape index (κ3) is 4.20. The summed E-state index contributed by atoms with van der Waals surface area (Å²) in [6.45, 7) is 6.12. The van der Waals surface area contributed by atoms with Crippen LogP contribution in [0.5, 0.6) is 0 Å². The summed E-state index contributed by atoms with van der Waals surface area (Å²) in [4.78, 5) is 26.6. The molecule has 1 saturated carbocycles. The largest absolute Gasteiger partial charge is 0.459 e. The zero-order chi connectivity index (χ0) is 21.5. The molecular formula is C25H30ClNO3. The van der Waals surface area contributed by atoms with Crippen LogP contribution in [0.1, 0.15) is 77.2 Å². The van der Waals surface area contributed by atoms with Gasteiger partial charge in [0.05, 0.1) is 5.57 Å². The Balaban J connectivity index is 1.76. The summed E-state index contributed by atoms with van der Waals surface area (Å²) < 4.78 is 5.94. The number of ether oxygens (including phenoxy) is 1. The molecule has 1 heterocycles. The number of halogens is 1. The van der Waals surface area contributed by atoms with Crippen molar-refractivity contribution in [2.45, 2.75) is 77.7 Å². The summed E-state index contributed by atoms with van der Waals surface area (Å²) in [5.74, 6) is -0.671. The smallest absolute Gasteiger partial charge is 0.337 e. The second kappa shape index (κ2) is 8.22. The van der Waals surface area contributed by atoms with Gasteiger partial charge in [-0.2, -0.15) is 0 Å². The second-order valence-electron chi connectivity index (χ2n) is 9.65. The molecule has 0 radical (unpaired) electrons. The van der Waals surface area contributed by atoms with Crippen LogP contribution in [-0.2, 0) is 14.3 Å². The zero-order valence-corrected chi connectivity index (χ0v) is 18.8. The molecule has 4 nitrogen and oxygen atoms in total. The summed E-state index contributed by atoms with van der Waals surface area (Å²) in [7, 11) is 0. The maximum Gasteiger partial charge on any atom is 0.337 e. The fraction of sp³-hybridized carbons (Fsp3) is 0.520. The van der Waals surface area contributed by atoms with Crippen LogP contribution in [0.4, 0.5) is 0 Å². The van der Waals surface area contributed by atoms with Gasteiger partial charge >= 0.3 is 5.97 Å². The van der Waals surface area contributed by atoms with E-state index in [9.17, 15) is 9.59 Å². The monoisotopic (exact) mass is 427 g/mol. The van der Waals surface area contributed by atoms with Crippen molar-refractivity contribution < 1.29 is 14.3 Å². The van der Waals surface area contributed by atoms with Gasteiger partial charge < -0.3 is 10.1 Å². The first-order valence-corrected chi connectivity index (χ1v) is 11.3. The van der Waals surface area contributed by atoms with Gasteiger partial charge in [0, 0.05) is 34.3 Å². The topological polar surface area (TPSA) is 55.4 Å². The van der Waals surface area contributed by atoms with Gasteiger partial charge in [0.1, 0.15) is 6.10 Å². The van der Waals surface area contributed by atoms with Crippen molar-refractivity contribution in [2.75, 3.05) is 0 Å². The minimum atomic E-state index is -0.445. The average Bonchev–Trinajstić information content (AvgIpc) is 2.66. The molecule has 0 aromatic heterocycles. The van der Waals surface area contributed by atoms with Gasteiger partial charge in [-0.3, -0.25) is 4.79 Å². The Hall–Kier alpha value is -2.07. The molecule has 1 N–H and O–H groups in total. The number of carbonyl (C=O) groups excluding carboxylic acids is 2. The standard InChI is InChI=1S/C25H30ClNO3/c1-15-21(24(29)30-18-10-5-4-6-11-18)22(16-8-7-9-17(26)12-16)23-19(27-15)13-25(2,3)14-20(23)28/h7-9,12,18,22,27H,4-6,10-11,13-14H2,1-3H3/t22-/m0/s1. The Morgan fingerprint density at radius 1 is 1.17 bits per heavy atom. The number of hydrogen-bond donors (Lipinski definition) is 1. The molecule has 5 heteroatoms. The van der Waals surface area contributed by atoms with Crippen molar-refractivity contribution >= 4 is 23.4 Å². The summed E-state index contributed by atoms with van der Waals surface area (Å²) in [5, 5.41) is 3.98. The highest BCUT2D eigenvalue weighted by Gasteiger charge is 2.43. The third-order valence-electron chi connectivity index (χ3n) is 6.47. The van der Waals surface area contributed by atoms with Gasteiger partial charge in [-0.25, -0.2) is 4.79 Å². The van der Waals surface area contributed by atoms with Crippen molar-refractivity contribution in [3.05, 3.63) is 57.4 Å². The van der Waals surface area contributed by atoms with E-state index in [0.29, 0.717) is 22.6 Å². The molecule has 1 atom stereocenters. The molecule has 30 heavy (non-hydrogen) atoms. The molecular weight excluding hydrogens is 398 g/mol. The number of nitrogens with one attached hydrogen (secondary N) is 1. The quantitative estimate of drug-likeness (QED) is 0.617. The number of dihydropyridines is 1. The lowest BCUT2D eigenvalue weighted by Gasteiger charge is -2.39. The van der Waals surface area contributed by atoms with E-state index >= 15 is 0 Å². The number of hydrogen-bond acceptors (Lipinski definition) is 4. The van der Waals surface area contributed by atoms with E-state index in [1.54, 1.807) is 0 Å². The van der Waals surface area contributed by atoms with Crippen LogP contribution >= 0.6 is 11.6 Å². The molecule has 4 rings (SSSR count). The molecule has 0 amide bonds. The lowest BCUT2D eigenvalue weighted by Crippen LogP contribution is -2.39. The molecule has 1 aromatic carbocycles. The van der Waals surface area contributed by atoms with Gasteiger partial charge in [0.2, 0.25) is 0 Å². The van der Waals surface area contributed by atoms with E-state index in [0.717, 1.165) is 49.1 Å². The second-order valence-corrected chi connectivity index (χ2v) is 10.1. The fourth-order valence-corrected chi connectivity index (χ4v) is 5.32. The summed E-state index contributed by atoms with van der Waals surface area (Å²) in [6, 6.07) is 7.48. The summed E-state index contributed by atoms with van der Waals surface area (Å²) in [6.07, 6.45) is 6.40. The highest BCUT2D eigenvalue weighted by Crippen LogP contribution is 2.47. The lowest BCUT2D eigenvalue weighted by atomic mass is 9.68. The Morgan fingerprint density at radius 2 is 1.90 bits per heavy atom. The number of carbonyl (C=O) groups is 2. The molecule has 160 valence electrons. The van der Waals surface area contributed by atoms with Crippen molar-refractivity contribution in [3.8, 4) is 0 Å². The first-order chi connectivity index (χ1) is 14.2. The molecule has 0 bridgehead atoms. The summed E-state index contributed by atoms with van der Waals surface area (Å²) in [5.41, 5.74) is 3.67. The lowest BCUT2D eigenvalue weighted by molar-refractivity contribution is -0.146. The maximum atomic E-state index is 13.4. The van der Waals surface area contributed by atoms with Crippen LogP contribution in [0.25, 0.3) is 0 Å². The molecule has 3 aliphatic rings. The van der Waals surface area contributed by atoms with Crippen LogP contribution in [0, 0.1) is 5.41 Å². The Labute approximate surface area is 183 Å². The SMILES string of the molecule is CC1=C(C(=O)OC2CCCCC2)[C@H](c2cccc(Cl)c2)C2=C(CC(C)(C)CC2=O)N1. The summed E-state index contributed by atoms with van der Waals surface area (Å²) >= 11 is 6.29. The van der Waals surface area contributed by atoms with Crippen LogP contribution in [0.3, 0.4) is 0 Å². The van der Waals surface area contributed by atoms with Gasteiger partial charge in [-0.15, -0.1) is 0 Å². The van der Waals surface area contributed by atoms with Gasteiger partial charge in [-0.05, 0) is 62.1 Å². The van der Waals surface area contributed by atoms with Crippen molar-refractivity contribution in [2.24, 2.45) is 5.41 Å². The van der Waals surface area contributed by atoms with Crippen molar-refractivity contribution in [1.29, 1.82) is 0 Å². The van der Waals surface area contributed by atoms with Gasteiger partial charge in [0.15, 0.2) is 5.78 Å². The number of allylic oxidation sites excluding steroid dienone is 3. The predicted octanol–water partition coefficient (Wildman–Crippen LogP) is 5.82. The predicted molar refractivity (Wildman–Crippen MR) is 118 cm³/mol. The number of Topliss-reactive ketones (excluding diaryl/α,β-unsaturated/α-hetero) is 1. The number of benzene rings is 1. The molecule has 1 aliphatic heterocycles. The Kier molecular flexibility index (Phi) is 5.80. The van der Waals surface area contributed by atoms with Crippen LogP contribution in [0.2, 0.25) is 5.02 Å². The highest BCUT2D eigenvalue weighted by molar-refractivity contribution is 6.30. The maximum absolute atomic E-state index is 13.4. The first-order valence-electron chi connectivity index (χ1n) is 11.0. The highest BCUT2D eigenvalue weighted by atomic mass is 35.5. The van der Waals surface area contributed by atoms with E-state index in [2.05, 4.69) is 19.2 Å². The molecule has 0 saturated heterocycles. The van der Waals surface area contributed by atoms with Crippen LogP contribution in [0.15, 0.2) is 46.8 Å². The molecule has 0 spiro atoms. The van der Waals surface area contributed by atoms with E-state index in [-0.39, 0.29) is 23.3 Å². The number of ketones is 1. The normalized spacial score (nSPS) is 24.4. The van der Waals surface area contributed by atoms with E-state index in [1.165, 1.54) is 6.42 Å². The van der Waals surface area contributed by atoms with Crippen LogP contribution in [-0.4, -0.2) is 17.9 Å². The molecule has 1 aromatic rings. The molecule has 1 fully saturated rings. The van der Waals surface area contributed by atoms with E-state index in [4.69, 9.17) is 16.3 Å². The van der Waals surface area contributed by atoms with Crippen molar-refractivity contribution in [3.63, 3.8) is 0 Å². The van der Waals surface area contributed by atoms with Gasteiger partial charge in [0.25, 0.3) is 0 Å².